The first-order valence-electron chi connectivity index (χ1n) is 8.27. The number of benzene rings is 2. The molecule has 6 nitrogen and oxygen atoms in total. The van der Waals surface area contributed by atoms with Crippen LogP contribution in [0, 0.1) is 6.92 Å². The van der Waals surface area contributed by atoms with Gasteiger partial charge in [-0.2, -0.15) is 0 Å². The summed E-state index contributed by atoms with van der Waals surface area (Å²) in [5.41, 5.74) is 1.64. The lowest BCUT2D eigenvalue weighted by Crippen LogP contribution is -2.03. The van der Waals surface area contributed by atoms with E-state index in [4.69, 9.17) is 18.9 Å². The fourth-order valence-electron chi connectivity index (χ4n) is 2.70. The van der Waals surface area contributed by atoms with Crippen molar-refractivity contribution in [2.24, 2.45) is 4.99 Å². The third kappa shape index (κ3) is 3.54. The minimum atomic E-state index is 0.600. The molecule has 7 heteroatoms. The molecule has 2 heterocycles. The van der Waals surface area contributed by atoms with Crippen LogP contribution in [-0.4, -0.2) is 24.4 Å². The van der Waals surface area contributed by atoms with Crippen LogP contribution in [0.3, 0.4) is 0 Å². The van der Waals surface area contributed by atoms with Crippen LogP contribution < -0.4 is 14.8 Å². The first-order valence-corrected chi connectivity index (χ1v) is 9.09. The second kappa shape index (κ2) is 7.20. The van der Waals surface area contributed by atoms with E-state index >= 15 is 0 Å². The molecule has 0 fully saturated rings. The van der Waals surface area contributed by atoms with Crippen LogP contribution in [0.4, 0.5) is 5.13 Å². The van der Waals surface area contributed by atoms with E-state index in [1.54, 1.807) is 14.2 Å². The van der Waals surface area contributed by atoms with Crippen molar-refractivity contribution in [1.82, 2.24) is 10.2 Å². The molecule has 0 atom stereocenters. The van der Waals surface area contributed by atoms with E-state index < -0.39 is 0 Å². The number of aryl methyl sites for hydroxylation is 1. The summed E-state index contributed by atoms with van der Waals surface area (Å²) in [6, 6.07) is 15.2. The zero-order chi connectivity index (χ0) is 18.8. The SMILES string of the molecule is COc1ccc(-c2cc(=Nc3nnc(C)s3)c3cc(OC)ccc3o2)cc1. The number of hydrogen-bond acceptors (Lipinski definition) is 7. The maximum absolute atomic E-state index is 6.12. The molecular weight excluding hydrogens is 362 g/mol. The van der Waals surface area contributed by atoms with E-state index in [1.807, 2.05) is 55.5 Å². The van der Waals surface area contributed by atoms with Crippen molar-refractivity contribution in [2.45, 2.75) is 6.92 Å². The van der Waals surface area contributed by atoms with Gasteiger partial charge in [-0.05, 0) is 49.4 Å². The molecule has 0 N–H and O–H groups in total. The summed E-state index contributed by atoms with van der Waals surface area (Å²) < 4.78 is 16.7. The van der Waals surface area contributed by atoms with Crippen molar-refractivity contribution in [3.63, 3.8) is 0 Å². The summed E-state index contributed by atoms with van der Waals surface area (Å²) in [5.74, 6) is 2.23. The molecule has 0 amide bonds. The highest BCUT2D eigenvalue weighted by Crippen LogP contribution is 2.27. The number of fused-ring (bicyclic) bond motifs is 1. The zero-order valence-corrected chi connectivity index (χ0v) is 15.9. The monoisotopic (exact) mass is 379 g/mol. The maximum Gasteiger partial charge on any atom is 0.232 e. The van der Waals surface area contributed by atoms with Crippen molar-refractivity contribution >= 4 is 27.4 Å². The largest absolute Gasteiger partial charge is 0.497 e. The smallest absolute Gasteiger partial charge is 0.232 e. The van der Waals surface area contributed by atoms with E-state index in [9.17, 15) is 0 Å². The number of nitrogens with zero attached hydrogens (tertiary/aromatic N) is 3. The summed E-state index contributed by atoms with van der Waals surface area (Å²) in [5, 5.41) is 11.2. The predicted molar refractivity (Wildman–Crippen MR) is 105 cm³/mol. The molecule has 0 aliphatic rings. The first kappa shape index (κ1) is 17.2. The fraction of sp³-hybridized carbons (Fsp3) is 0.150. The molecule has 0 saturated heterocycles. The molecule has 136 valence electrons. The number of hydrogen-bond donors (Lipinski definition) is 0. The highest BCUT2D eigenvalue weighted by molar-refractivity contribution is 7.14. The summed E-state index contributed by atoms with van der Waals surface area (Å²) in [6.07, 6.45) is 0. The molecule has 0 unspecified atom stereocenters. The van der Waals surface area contributed by atoms with E-state index in [0.29, 0.717) is 16.5 Å². The average molecular weight is 379 g/mol. The fourth-order valence-corrected chi connectivity index (χ4v) is 3.27. The van der Waals surface area contributed by atoms with Crippen molar-refractivity contribution < 1.29 is 13.9 Å². The van der Waals surface area contributed by atoms with Gasteiger partial charge in [0.1, 0.15) is 27.8 Å². The van der Waals surface area contributed by atoms with Gasteiger partial charge in [-0.3, -0.25) is 0 Å². The lowest BCUT2D eigenvalue weighted by molar-refractivity contribution is 0.414. The Balaban J connectivity index is 1.95. The van der Waals surface area contributed by atoms with Gasteiger partial charge in [-0.1, -0.05) is 11.3 Å². The molecule has 2 aromatic carbocycles. The molecule has 4 aromatic rings. The third-order valence-corrected chi connectivity index (χ3v) is 4.79. The van der Waals surface area contributed by atoms with Crippen molar-refractivity contribution in [3.8, 4) is 22.8 Å². The second-order valence-electron chi connectivity index (χ2n) is 5.80. The van der Waals surface area contributed by atoms with Crippen molar-refractivity contribution in [2.75, 3.05) is 14.2 Å². The van der Waals surface area contributed by atoms with Gasteiger partial charge in [-0.15, -0.1) is 10.2 Å². The Morgan fingerprint density at radius 3 is 2.33 bits per heavy atom. The second-order valence-corrected chi connectivity index (χ2v) is 6.96. The highest BCUT2D eigenvalue weighted by Gasteiger charge is 2.09. The summed E-state index contributed by atoms with van der Waals surface area (Å²) >= 11 is 1.44. The normalized spacial score (nSPS) is 11.7. The van der Waals surface area contributed by atoms with Gasteiger partial charge in [0, 0.05) is 17.0 Å². The van der Waals surface area contributed by atoms with Crippen molar-refractivity contribution in [1.29, 1.82) is 0 Å². The highest BCUT2D eigenvalue weighted by atomic mass is 32.1. The Morgan fingerprint density at radius 2 is 1.67 bits per heavy atom. The van der Waals surface area contributed by atoms with Gasteiger partial charge in [0.2, 0.25) is 5.13 Å². The van der Waals surface area contributed by atoms with Gasteiger partial charge in [-0.25, -0.2) is 4.99 Å². The first-order chi connectivity index (χ1) is 13.2. The van der Waals surface area contributed by atoms with E-state index in [0.717, 1.165) is 32.8 Å². The zero-order valence-electron chi connectivity index (χ0n) is 15.1. The average Bonchev–Trinajstić information content (AvgIpc) is 3.12. The molecule has 2 aromatic heterocycles. The number of methoxy groups -OCH3 is 2. The summed E-state index contributed by atoms with van der Waals surface area (Å²) in [4.78, 5) is 4.69. The quantitative estimate of drug-likeness (QED) is 0.522. The molecule has 0 spiro atoms. The molecule has 0 bridgehead atoms. The van der Waals surface area contributed by atoms with Crippen LogP contribution in [0.15, 0.2) is 57.9 Å². The molecule has 0 saturated carbocycles. The lowest BCUT2D eigenvalue weighted by atomic mass is 10.1. The lowest BCUT2D eigenvalue weighted by Gasteiger charge is -2.07. The predicted octanol–water partition coefficient (Wildman–Crippen LogP) is 4.51. The maximum atomic E-state index is 6.12. The van der Waals surface area contributed by atoms with E-state index in [-0.39, 0.29) is 0 Å². The number of rotatable bonds is 4. The van der Waals surface area contributed by atoms with Crippen LogP contribution in [0.2, 0.25) is 0 Å². The summed E-state index contributed by atoms with van der Waals surface area (Å²) in [7, 11) is 3.28. The Kier molecular flexibility index (Phi) is 4.60. The molecule has 27 heavy (non-hydrogen) atoms. The Labute approximate surface area is 159 Å². The number of aromatic nitrogens is 2. The van der Waals surface area contributed by atoms with Gasteiger partial charge in [0.05, 0.1) is 19.6 Å². The van der Waals surface area contributed by atoms with Crippen LogP contribution in [0.1, 0.15) is 5.01 Å². The number of ether oxygens (including phenoxy) is 2. The van der Waals surface area contributed by atoms with Gasteiger partial charge in [0.15, 0.2) is 0 Å². The molecule has 0 radical (unpaired) electrons. The van der Waals surface area contributed by atoms with Crippen LogP contribution in [-0.2, 0) is 0 Å². The standard InChI is InChI=1S/C20H17N3O3S/c1-12-22-23-20(27-12)21-17-11-19(13-4-6-14(24-2)7-5-13)26-18-9-8-15(25-3)10-16(17)18/h4-11H,1-3H3. The Morgan fingerprint density at radius 1 is 0.926 bits per heavy atom. The molecule has 0 aliphatic carbocycles. The van der Waals surface area contributed by atoms with Gasteiger partial charge < -0.3 is 13.9 Å². The van der Waals surface area contributed by atoms with Crippen LogP contribution in [0.25, 0.3) is 22.3 Å². The minimum absolute atomic E-state index is 0.600. The Bertz CT molecular complexity index is 1160. The van der Waals surface area contributed by atoms with E-state index in [2.05, 4.69) is 10.2 Å². The minimum Gasteiger partial charge on any atom is -0.497 e. The molecule has 0 aliphatic heterocycles. The van der Waals surface area contributed by atoms with Crippen LogP contribution in [0.5, 0.6) is 11.5 Å². The van der Waals surface area contributed by atoms with Gasteiger partial charge >= 0.3 is 0 Å². The van der Waals surface area contributed by atoms with Gasteiger partial charge in [0.25, 0.3) is 0 Å². The topological polar surface area (TPSA) is 69.7 Å². The molecule has 4 rings (SSSR count). The van der Waals surface area contributed by atoms with E-state index in [1.165, 1.54) is 11.3 Å². The van der Waals surface area contributed by atoms with Crippen molar-refractivity contribution in [3.05, 3.63) is 58.9 Å². The molecular formula is C20H17N3O3S. The summed E-state index contributed by atoms with van der Waals surface area (Å²) in [6.45, 7) is 1.90. The Hall–Kier alpha value is -3.19. The van der Waals surface area contributed by atoms with Crippen LogP contribution >= 0.6 is 11.3 Å². The third-order valence-electron chi connectivity index (χ3n) is 4.06.